The van der Waals surface area contributed by atoms with Crippen LogP contribution in [-0.2, 0) is 0 Å². The molecule has 10 rings (SSSR count). The highest BCUT2D eigenvalue weighted by molar-refractivity contribution is 6.12. The lowest BCUT2D eigenvalue weighted by Gasteiger charge is -2.18. The van der Waals surface area contributed by atoms with Gasteiger partial charge in [-0.2, -0.15) is 0 Å². The molecule has 0 aliphatic rings. The van der Waals surface area contributed by atoms with Gasteiger partial charge in [0.25, 0.3) is 0 Å². The summed E-state index contributed by atoms with van der Waals surface area (Å²) in [6.07, 6.45) is 8.51. The molecule has 6 nitrogen and oxygen atoms in total. The van der Waals surface area contributed by atoms with Gasteiger partial charge >= 0.3 is 11.9 Å². The van der Waals surface area contributed by atoms with Gasteiger partial charge in [-0.3, -0.25) is 0 Å². The molecule has 0 bridgehead atoms. The molecule has 0 aliphatic carbocycles. The Hall–Kier alpha value is -9.26. The van der Waals surface area contributed by atoms with Crippen molar-refractivity contribution in [3.05, 3.63) is 252 Å². The van der Waals surface area contributed by atoms with E-state index in [1.807, 2.05) is 60.7 Å². The van der Waals surface area contributed by atoms with Gasteiger partial charge in [-0.25, -0.2) is 9.59 Å². The third-order valence-corrected chi connectivity index (χ3v) is 12.3. The SMILES string of the molecule is COc1ccc(C(=O)Oc2ccc(/C=C/c3ccc4cc(-c5ccccc5)ccc4c3-c3c(/C=C/c4ccc(OC(=O)c5ccc(OC)cc5)cc4)ccc4cc(-c5ccccc5)ccc34)cc2)cc1. The highest BCUT2D eigenvalue weighted by Crippen LogP contribution is 2.42. The number of carbonyl (C=O) groups is 2. The molecular formula is C64H46O6. The number of rotatable bonds is 13. The van der Waals surface area contributed by atoms with Crippen molar-refractivity contribution in [1.82, 2.24) is 0 Å². The molecular weight excluding hydrogens is 865 g/mol. The normalized spacial score (nSPS) is 11.3. The van der Waals surface area contributed by atoms with E-state index >= 15 is 0 Å². The maximum absolute atomic E-state index is 12.9. The van der Waals surface area contributed by atoms with Crippen molar-refractivity contribution < 1.29 is 28.5 Å². The van der Waals surface area contributed by atoms with Crippen LogP contribution < -0.4 is 18.9 Å². The summed E-state index contributed by atoms with van der Waals surface area (Å²) in [7, 11) is 3.17. The topological polar surface area (TPSA) is 71.1 Å². The summed E-state index contributed by atoms with van der Waals surface area (Å²) >= 11 is 0. The van der Waals surface area contributed by atoms with Crippen molar-refractivity contribution in [3.8, 4) is 56.4 Å². The van der Waals surface area contributed by atoms with Gasteiger partial charge in [-0.1, -0.05) is 158 Å². The van der Waals surface area contributed by atoms with Gasteiger partial charge in [-0.15, -0.1) is 0 Å². The number of methoxy groups -OCH3 is 2. The van der Waals surface area contributed by atoms with Crippen LogP contribution in [-0.4, -0.2) is 26.2 Å². The molecule has 0 spiro atoms. The zero-order valence-corrected chi connectivity index (χ0v) is 38.5. The predicted octanol–water partition coefficient (Wildman–Crippen LogP) is 15.8. The quantitative estimate of drug-likeness (QED) is 0.0652. The zero-order chi connectivity index (χ0) is 47.8. The van der Waals surface area contributed by atoms with Crippen LogP contribution in [0.25, 0.3) is 79.2 Å². The third-order valence-electron chi connectivity index (χ3n) is 12.3. The molecule has 0 unspecified atom stereocenters. The second-order valence-electron chi connectivity index (χ2n) is 16.7. The Balaban J connectivity index is 1.05. The van der Waals surface area contributed by atoms with Gasteiger partial charge in [0, 0.05) is 0 Å². The van der Waals surface area contributed by atoms with Crippen LogP contribution in [0.1, 0.15) is 43.0 Å². The molecule has 0 radical (unpaired) electrons. The minimum Gasteiger partial charge on any atom is -0.497 e. The average Bonchev–Trinajstić information content (AvgIpc) is 3.42. The molecule has 6 heteroatoms. The fourth-order valence-electron chi connectivity index (χ4n) is 8.60. The van der Waals surface area contributed by atoms with E-state index in [9.17, 15) is 9.59 Å². The first kappa shape index (κ1) is 44.6. The van der Waals surface area contributed by atoms with E-state index < -0.39 is 11.9 Å². The largest absolute Gasteiger partial charge is 0.497 e. The lowest BCUT2D eigenvalue weighted by molar-refractivity contribution is 0.0725. The number of ether oxygens (including phenoxy) is 4. The number of carbonyl (C=O) groups excluding carboxylic acids is 2. The minimum absolute atomic E-state index is 0.435. The fraction of sp³-hybridized carbons (Fsp3) is 0.0312. The van der Waals surface area contributed by atoms with Crippen LogP contribution in [0.5, 0.6) is 23.0 Å². The maximum atomic E-state index is 12.9. The van der Waals surface area contributed by atoms with E-state index in [1.54, 1.807) is 62.8 Å². The summed E-state index contributed by atoms with van der Waals surface area (Å²) in [4.78, 5) is 25.9. The van der Waals surface area contributed by atoms with Gasteiger partial charge in [0.05, 0.1) is 25.3 Å². The zero-order valence-electron chi connectivity index (χ0n) is 38.5. The van der Waals surface area contributed by atoms with Crippen LogP contribution in [0.15, 0.2) is 218 Å². The first-order valence-corrected chi connectivity index (χ1v) is 22.9. The second-order valence-corrected chi connectivity index (χ2v) is 16.7. The van der Waals surface area contributed by atoms with Crippen molar-refractivity contribution in [1.29, 1.82) is 0 Å². The summed E-state index contributed by atoms with van der Waals surface area (Å²) in [6.45, 7) is 0. The molecule has 0 atom stereocenters. The molecule has 70 heavy (non-hydrogen) atoms. The van der Waals surface area contributed by atoms with E-state index in [0.717, 1.165) is 77.2 Å². The molecule has 0 saturated carbocycles. The van der Waals surface area contributed by atoms with Crippen molar-refractivity contribution in [3.63, 3.8) is 0 Å². The molecule has 338 valence electrons. The molecule has 0 heterocycles. The number of hydrogen-bond acceptors (Lipinski definition) is 6. The Morgan fingerprint density at radius 3 is 1.09 bits per heavy atom. The van der Waals surface area contributed by atoms with Crippen molar-refractivity contribution in [2.45, 2.75) is 0 Å². The monoisotopic (exact) mass is 910 g/mol. The van der Waals surface area contributed by atoms with E-state index in [-0.39, 0.29) is 0 Å². The Morgan fingerprint density at radius 2 is 0.714 bits per heavy atom. The highest BCUT2D eigenvalue weighted by Gasteiger charge is 2.18. The smallest absolute Gasteiger partial charge is 0.343 e. The Bertz CT molecular complexity index is 3300. The van der Waals surface area contributed by atoms with Crippen LogP contribution >= 0.6 is 0 Å². The lowest BCUT2D eigenvalue weighted by atomic mass is 9.85. The molecule has 0 N–H and O–H groups in total. The minimum atomic E-state index is -0.443. The molecule has 0 fully saturated rings. The Labute approximate surface area is 407 Å². The number of fused-ring (bicyclic) bond motifs is 2. The molecule has 0 saturated heterocycles. The number of benzene rings is 10. The van der Waals surface area contributed by atoms with Gasteiger partial charge in [-0.05, 0) is 162 Å². The van der Waals surface area contributed by atoms with E-state index in [1.165, 1.54) is 0 Å². The lowest BCUT2D eigenvalue weighted by Crippen LogP contribution is -2.08. The highest BCUT2D eigenvalue weighted by atomic mass is 16.5. The maximum Gasteiger partial charge on any atom is 0.343 e. The summed E-state index contributed by atoms with van der Waals surface area (Å²) in [5.74, 6) is 1.34. The first-order chi connectivity index (χ1) is 34.4. The van der Waals surface area contributed by atoms with Gasteiger partial charge < -0.3 is 18.9 Å². The van der Waals surface area contributed by atoms with Crippen molar-refractivity contribution >= 4 is 57.8 Å². The fourth-order valence-corrected chi connectivity index (χ4v) is 8.60. The molecule has 10 aromatic carbocycles. The van der Waals surface area contributed by atoms with Crippen LogP contribution in [0.2, 0.25) is 0 Å². The third kappa shape index (κ3) is 9.89. The van der Waals surface area contributed by atoms with Crippen LogP contribution in [0.3, 0.4) is 0 Å². The van der Waals surface area contributed by atoms with Crippen molar-refractivity contribution in [2.75, 3.05) is 14.2 Å². The van der Waals surface area contributed by atoms with E-state index in [0.29, 0.717) is 34.1 Å². The first-order valence-electron chi connectivity index (χ1n) is 22.9. The van der Waals surface area contributed by atoms with Crippen LogP contribution in [0.4, 0.5) is 0 Å². The van der Waals surface area contributed by atoms with Gasteiger partial charge in [0.1, 0.15) is 23.0 Å². The Kier molecular flexibility index (Phi) is 12.9. The number of esters is 2. The van der Waals surface area contributed by atoms with E-state index in [2.05, 4.69) is 133 Å². The van der Waals surface area contributed by atoms with Crippen LogP contribution in [0, 0.1) is 0 Å². The average molecular weight is 911 g/mol. The van der Waals surface area contributed by atoms with E-state index in [4.69, 9.17) is 18.9 Å². The van der Waals surface area contributed by atoms with Crippen molar-refractivity contribution in [2.24, 2.45) is 0 Å². The van der Waals surface area contributed by atoms with Gasteiger partial charge in [0.15, 0.2) is 0 Å². The summed E-state index contributed by atoms with van der Waals surface area (Å²) in [5.41, 5.74) is 11.6. The molecule has 0 amide bonds. The second kappa shape index (κ2) is 20.3. The summed E-state index contributed by atoms with van der Waals surface area (Å²) in [6, 6.07) is 71.8. The molecule has 0 aromatic heterocycles. The Morgan fingerprint density at radius 1 is 0.343 bits per heavy atom. The molecule has 0 aliphatic heterocycles. The summed E-state index contributed by atoms with van der Waals surface area (Å²) < 4.78 is 21.9. The van der Waals surface area contributed by atoms with Gasteiger partial charge in [0.2, 0.25) is 0 Å². The summed E-state index contributed by atoms with van der Waals surface area (Å²) in [5, 5.41) is 4.45. The standard InChI is InChI=1S/C64H46O6/c1-67-55-35-25-49(26-36-55)63(65)69-57-31-15-43(16-32-57)13-19-47-21-23-53-41-51(45-9-5-3-6-10-45)29-39-59(53)61(47)62-48(22-24-54-42-52(30-40-60(54)62)46-11-7-4-8-12-46)20-14-44-17-33-58(34-18-44)70-64(66)50-27-37-56(68-2)38-28-50/h3-42H,1-2H3/b19-13+,20-14+. The molecule has 10 aromatic rings. The predicted molar refractivity (Wildman–Crippen MR) is 284 cm³/mol. The number of hydrogen-bond donors (Lipinski definition) is 0.